The van der Waals surface area contributed by atoms with Gasteiger partial charge in [-0.3, -0.25) is 4.79 Å². The van der Waals surface area contributed by atoms with Crippen molar-refractivity contribution < 1.29 is 39.3 Å². The molecule has 8 heteroatoms. The van der Waals surface area contributed by atoms with Gasteiger partial charge in [0, 0.05) is 12.1 Å². The second-order valence-electron chi connectivity index (χ2n) is 10.5. The van der Waals surface area contributed by atoms with Gasteiger partial charge in [0.2, 0.25) is 0 Å². The van der Waals surface area contributed by atoms with Crippen LogP contribution >= 0.6 is 31.8 Å². The van der Waals surface area contributed by atoms with Gasteiger partial charge in [0.25, 0.3) is 0 Å². The van der Waals surface area contributed by atoms with E-state index in [4.69, 9.17) is 37.4 Å². The molecule has 2 aromatic carbocycles. The van der Waals surface area contributed by atoms with E-state index in [9.17, 15) is 4.79 Å². The van der Waals surface area contributed by atoms with Crippen molar-refractivity contribution in [3.63, 3.8) is 0 Å². The van der Waals surface area contributed by atoms with E-state index >= 15 is 0 Å². The van der Waals surface area contributed by atoms with Gasteiger partial charge < -0.3 is 15.6 Å². The van der Waals surface area contributed by atoms with E-state index in [-0.39, 0.29) is 34.4 Å². The smallest absolute Gasteiger partial charge is 1.00 e. The van der Waals surface area contributed by atoms with Crippen molar-refractivity contribution in [1.29, 1.82) is 0 Å². The summed E-state index contributed by atoms with van der Waals surface area (Å²) >= 11 is 12.6. The standard InChI is InChI=1S/C25H33Cl2O4P.Li.H/c1-23(2,3)29-15-13-18(30-24(4,5)6)21(19(14-15)31-25(7,8)9)32-22(28)20-16(26)11-10-12-17(20)27;;/h10-14,32H,1-9H3;;/q;+1;-1. The molecule has 0 aliphatic carbocycles. The first-order chi connectivity index (χ1) is 14.5. The van der Waals surface area contributed by atoms with Gasteiger partial charge >= 0.3 is 18.9 Å². The minimum absolute atomic E-state index is 0. The van der Waals surface area contributed by atoms with Crippen LogP contribution in [0.5, 0.6) is 17.2 Å². The molecule has 4 nitrogen and oxygen atoms in total. The van der Waals surface area contributed by atoms with E-state index in [1.165, 1.54) is 0 Å². The summed E-state index contributed by atoms with van der Waals surface area (Å²) in [6.07, 6.45) is 0. The molecule has 0 aromatic heterocycles. The average Bonchev–Trinajstić information content (AvgIpc) is 2.53. The predicted octanol–water partition coefficient (Wildman–Crippen LogP) is 4.79. The normalized spacial score (nSPS) is 12.5. The van der Waals surface area contributed by atoms with Crippen LogP contribution in [-0.4, -0.2) is 22.3 Å². The SMILES string of the molecule is CC(C)(C)Oc1cc(OC(C)(C)C)c(PC(=O)c2c(Cl)cccc2Cl)c(OC(C)(C)C)c1.[H-].[Li+]. The molecule has 0 aliphatic rings. The molecule has 0 radical (unpaired) electrons. The van der Waals surface area contributed by atoms with Gasteiger partial charge in [-0.25, -0.2) is 0 Å². The van der Waals surface area contributed by atoms with Crippen LogP contribution in [0, 0.1) is 0 Å². The first-order valence-corrected chi connectivity index (χ1v) is 12.2. The molecule has 0 fully saturated rings. The monoisotopic (exact) mass is 506 g/mol. The molecule has 0 saturated carbocycles. The summed E-state index contributed by atoms with van der Waals surface area (Å²) in [6.45, 7) is 17.6. The van der Waals surface area contributed by atoms with E-state index in [1.54, 1.807) is 18.2 Å². The minimum atomic E-state index is -0.496. The number of benzene rings is 2. The average molecular weight is 507 g/mol. The number of hydrogen-bond donors (Lipinski definition) is 0. The van der Waals surface area contributed by atoms with Crippen molar-refractivity contribution >= 4 is 42.6 Å². The summed E-state index contributed by atoms with van der Waals surface area (Å²) in [5.74, 6) is 1.68. The Balaban J connectivity index is 0.00000544. The second-order valence-corrected chi connectivity index (χ2v) is 12.5. The maximum absolute atomic E-state index is 13.3. The van der Waals surface area contributed by atoms with E-state index < -0.39 is 16.8 Å². The number of rotatable bonds is 6. The summed E-state index contributed by atoms with van der Waals surface area (Å²) in [7, 11) is -0.311. The second kappa shape index (κ2) is 11.2. The fourth-order valence-corrected chi connectivity index (χ4v) is 4.65. The van der Waals surface area contributed by atoms with Crippen molar-refractivity contribution in [1.82, 2.24) is 0 Å². The molecule has 1 unspecified atom stereocenters. The number of carbonyl (C=O) groups excluding carboxylic acids is 1. The van der Waals surface area contributed by atoms with Gasteiger partial charge in [0.1, 0.15) is 34.1 Å². The first-order valence-electron chi connectivity index (χ1n) is 10.5. The Labute approximate surface area is 223 Å². The summed E-state index contributed by atoms with van der Waals surface area (Å²) in [5.41, 5.74) is -1.30. The van der Waals surface area contributed by atoms with Gasteiger partial charge in [-0.1, -0.05) is 29.3 Å². The molecule has 33 heavy (non-hydrogen) atoms. The number of ether oxygens (including phenoxy) is 3. The van der Waals surface area contributed by atoms with Crippen LogP contribution in [-0.2, 0) is 0 Å². The third-order valence-electron chi connectivity index (χ3n) is 3.72. The molecule has 0 saturated heterocycles. The molecule has 1 atom stereocenters. The summed E-state index contributed by atoms with van der Waals surface area (Å²) < 4.78 is 18.6. The van der Waals surface area contributed by atoms with Gasteiger partial charge in [-0.15, -0.1) is 0 Å². The molecule has 0 heterocycles. The van der Waals surface area contributed by atoms with E-state index in [1.807, 2.05) is 74.4 Å². The molecule has 2 rings (SSSR count). The topological polar surface area (TPSA) is 44.8 Å². The number of carbonyl (C=O) groups is 1. The van der Waals surface area contributed by atoms with Crippen molar-refractivity contribution in [2.45, 2.75) is 79.1 Å². The van der Waals surface area contributed by atoms with Crippen LogP contribution in [0.4, 0.5) is 0 Å². The zero-order valence-corrected chi connectivity index (χ0v) is 23.8. The summed E-state index contributed by atoms with van der Waals surface area (Å²) in [4.78, 5) is 13.3. The first kappa shape index (κ1) is 30.1. The van der Waals surface area contributed by atoms with Crippen molar-refractivity contribution in [3.05, 3.63) is 45.9 Å². The quantitative estimate of drug-likeness (QED) is 0.417. The number of halogens is 2. The van der Waals surface area contributed by atoms with Crippen LogP contribution < -0.4 is 38.4 Å². The Hall–Kier alpha value is -0.883. The molecule has 0 bridgehead atoms. The van der Waals surface area contributed by atoms with Crippen LogP contribution in [0.3, 0.4) is 0 Å². The van der Waals surface area contributed by atoms with Crippen LogP contribution in [0.25, 0.3) is 0 Å². The minimum Gasteiger partial charge on any atom is -1.00 e. The van der Waals surface area contributed by atoms with E-state index in [0.29, 0.717) is 38.2 Å². The van der Waals surface area contributed by atoms with Crippen LogP contribution in [0.2, 0.25) is 10.0 Å². The maximum atomic E-state index is 13.3. The largest absolute Gasteiger partial charge is 1.00 e. The number of hydrogen-bond acceptors (Lipinski definition) is 4. The van der Waals surface area contributed by atoms with Gasteiger partial charge in [-0.2, -0.15) is 0 Å². The zero-order chi connectivity index (χ0) is 24.5. The third-order valence-corrected chi connectivity index (χ3v) is 5.57. The molecule has 2 aromatic rings. The van der Waals surface area contributed by atoms with Crippen molar-refractivity contribution in [3.8, 4) is 17.2 Å². The predicted molar refractivity (Wildman–Crippen MR) is 137 cm³/mol. The summed E-state index contributed by atoms with van der Waals surface area (Å²) in [5, 5.41) is 1.29. The van der Waals surface area contributed by atoms with Crippen molar-refractivity contribution in [2.75, 3.05) is 0 Å². The van der Waals surface area contributed by atoms with Crippen LogP contribution in [0.1, 0.15) is 74.1 Å². The van der Waals surface area contributed by atoms with Gasteiger partial charge in [0.05, 0.1) is 20.9 Å². The Kier molecular flexibility index (Phi) is 10.3. The fraction of sp³-hybridized carbons (Fsp3) is 0.480. The molecular weight excluding hydrogens is 473 g/mol. The van der Waals surface area contributed by atoms with Crippen LogP contribution in [0.15, 0.2) is 30.3 Å². The van der Waals surface area contributed by atoms with Gasteiger partial charge in [0.15, 0.2) is 5.52 Å². The zero-order valence-electron chi connectivity index (χ0n) is 22.3. The molecule has 178 valence electrons. The maximum Gasteiger partial charge on any atom is 1.00 e. The van der Waals surface area contributed by atoms with Gasteiger partial charge in [-0.05, 0) is 83.0 Å². The molecule has 0 spiro atoms. The van der Waals surface area contributed by atoms with E-state index in [0.717, 1.165) is 0 Å². The summed E-state index contributed by atoms with van der Waals surface area (Å²) in [6, 6.07) is 8.66. The fourth-order valence-electron chi connectivity index (χ4n) is 2.81. The molecule has 0 amide bonds. The Morgan fingerprint density at radius 2 is 1.18 bits per heavy atom. The molecular formula is C25H34Cl2LiO4P. The Morgan fingerprint density at radius 1 is 0.788 bits per heavy atom. The third kappa shape index (κ3) is 9.71. The Morgan fingerprint density at radius 3 is 1.55 bits per heavy atom. The molecule has 0 N–H and O–H groups in total. The van der Waals surface area contributed by atoms with E-state index in [2.05, 4.69) is 0 Å². The molecule has 0 aliphatic heterocycles. The Bertz CT molecular complexity index is 939. The van der Waals surface area contributed by atoms with Crippen molar-refractivity contribution in [2.24, 2.45) is 0 Å².